The third-order valence-electron chi connectivity index (χ3n) is 4.34. The van der Waals surface area contributed by atoms with E-state index in [9.17, 15) is 17.2 Å². The predicted octanol–water partition coefficient (Wildman–Crippen LogP) is 2.84. The van der Waals surface area contributed by atoms with E-state index >= 15 is 0 Å². The number of hydrogen-bond acceptors (Lipinski definition) is 5. The second kappa shape index (κ2) is 8.10. The first-order valence-electron chi connectivity index (χ1n) is 8.45. The number of nitrogens with zero attached hydrogens (tertiary/aromatic N) is 2. The van der Waals surface area contributed by atoms with Crippen LogP contribution in [0.1, 0.15) is 0 Å². The number of alkyl halides is 2. The van der Waals surface area contributed by atoms with Gasteiger partial charge < -0.3 is 14.5 Å². The van der Waals surface area contributed by atoms with Crippen LogP contribution >= 0.6 is 0 Å². The molecule has 146 valence electrons. The molecular weight excluding hydrogens is 376 g/mol. The molecule has 6 nitrogen and oxygen atoms in total. The molecule has 1 fully saturated rings. The molecule has 0 radical (unpaired) electrons. The van der Waals surface area contributed by atoms with Crippen molar-refractivity contribution in [2.45, 2.75) is 11.5 Å². The van der Waals surface area contributed by atoms with Gasteiger partial charge in [-0.1, -0.05) is 18.2 Å². The number of rotatable bonds is 6. The van der Waals surface area contributed by atoms with E-state index in [1.54, 1.807) is 12.1 Å². The number of benzene rings is 2. The number of piperazine rings is 1. The monoisotopic (exact) mass is 397 g/mol. The summed E-state index contributed by atoms with van der Waals surface area (Å²) in [5.41, 5.74) is 0.769. The van der Waals surface area contributed by atoms with Gasteiger partial charge in [0.05, 0.1) is 10.6 Å². The molecule has 1 aliphatic heterocycles. The summed E-state index contributed by atoms with van der Waals surface area (Å²) in [5.74, 6) is -0.230. The zero-order valence-electron chi connectivity index (χ0n) is 14.8. The highest BCUT2D eigenvalue weighted by Crippen LogP contribution is 2.29. The topological polar surface area (TPSA) is 61.9 Å². The molecule has 1 heterocycles. The summed E-state index contributed by atoms with van der Waals surface area (Å²) in [5, 5.41) is 0. The third kappa shape index (κ3) is 4.86. The van der Waals surface area contributed by atoms with E-state index in [0.29, 0.717) is 0 Å². The Bertz CT molecular complexity index is 885. The van der Waals surface area contributed by atoms with Gasteiger partial charge in [0.25, 0.3) is 10.0 Å². The van der Waals surface area contributed by atoms with Gasteiger partial charge in [-0.15, -0.1) is 0 Å². The minimum Gasteiger partial charge on any atom is -0.433 e. The van der Waals surface area contributed by atoms with Crippen molar-refractivity contribution < 1.29 is 21.9 Å². The van der Waals surface area contributed by atoms with E-state index in [1.807, 2.05) is 13.1 Å². The second-order valence-electron chi connectivity index (χ2n) is 6.27. The Kier molecular flexibility index (Phi) is 5.81. The second-order valence-corrected chi connectivity index (χ2v) is 7.95. The molecule has 1 saturated heterocycles. The van der Waals surface area contributed by atoms with Crippen molar-refractivity contribution in [3.05, 3.63) is 48.5 Å². The number of ether oxygens (including phenoxy) is 1. The first-order chi connectivity index (χ1) is 12.8. The Morgan fingerprint density at radius 1 is 1.04 bits per heavy atom. The highest BCUT2D eigenvalue weighted by atomic mass is 32.2. The molecule has 27 heavy (non-hydrogen) atoms. The summed E-state index contributed by atoms with van der Waals surface area (Å²) >= 11 is 0. The molecule has 0 unspecified atom stereocenters. The number of sulfonamides is 1. The quantitative estimate of drug-likeness (QED) is 0.812. The van der Waals surface area contributed by atoms with Crippen LogP contribution in [0.5, 0.6) is 5.75 Å². The smallest absolute Gasteiger partial charge is 0.387 e. The van der Waals surface area contributed by atoms with Gasteiger partial charge in [0.2, 0.25) is 0 Å². The number of halogens is 2. The van der Waals surface area contributed by atoms with Crippen molar-refractivity contribution in [1.82, 2.24) is 4.90 Å². The largest absolute Gasteiger partial charge is 0.433 e. The van der Waals surface area contributed by atoms with E-state index in [0.717, 1.165) is 31.9 Å². The summed E-state index contributed by atoms with van der Waals surface area (Å²) in [7, 11) is -1.91. The zero-order chi connectivity index (χ0) is 19.4. The van der Waals surface area contributed by atoms with Crippen molar-refractivity contribution in [3.63, 3.8) is 0 Å². The summed E-state index contributed by atoms with van der Waals surface area (Å²) in [6.07, 6.45) is 0. The zero-order valence-corrected chi connectivity index (χ0v) is 15.6. The van der Waals surface area contributed by atoms with Crippen LogP contribution in [-0.2, 0) is 10.0 Å². The van der Waals surface area contributed by atoms with Gasteiger partial charge in [0.15, 0.2) is 0 Å². The standard InChI is InChI=1S/C18H21F2N3O3S/c1-22-9-11-23(12-10-22)14-5-4-6-15(13-14)27(24,25)21-16-7-2-3-8-17(16)26-18(19)20/h2-8,13,18,21H,9-12H2,1H3. The fourth-order valence-corrected chi connectivity index (χ4v) is 3.98. The molecule has 0 aromatic heterocycles. The van der Waals surface area contributed by atoms with E-state index in [1.165, 1.54) is 30.3 Å². The number of hydrogen-bond donors (Lipinski definition) is 1. The van der Waals surface area contributed by atoms with Crippen molar-refractivity contribution in [3.8, 4) is 5.75 Å². The van der Waals surface area contributed by atoms with Gasteiger partial charge in [0, 0.05) is 31.9 Å². The molecule has 1 aliphatic rings. The maximum atomic E-state index is 12.7. The summed E-state index contributed by atoms with van der Waals surface area (Å²) in [6.45, 7) is 0.356. The molecule has 0 spiro atoms. The lowest BCUT2D eigenvalue weighted by Gasteiger charge is -2.34. The number of nitrogens with one attached hydrogen (secondary N) is 1. The molecule has 3 rings (SSSR count). The van der Waals surface area contributed by atoms with Gasteiger partial charge in [0.1, 0.15) is 5.75 Å². The van der Waals surface area contributed by atoms with Gasteiger partial charge in [-0.2, -0.15) is 8.78 Å². The van der Waals surface area contributed by atoms with Crippen LogP contribution in [0.25, 0.3) is 0 Å². The highest BCUT2D eigenvalue weighted by Gasteiger charge is 2.20. The van der Waals surface area contributed by atoms with Crippen LogP contribution < -0.4 is 14.4 Å². The van der Waals surface area contributed by atoms with Gasteiger partial charge in [-0.25, -0.2) is 8.42 Å². The Labute approximate surface area is 157 Å². The van der Waals surface area contributed by atoms with Crippen LogP contribution in [0, 0.1) is 0 Å². The highest BCUT2D eigenvalue weighted by molar-refractivity contribution is 7.92. The van der Waals surface area contributed by atoms with E-state index in [2.05, 4.69) is 19.3 Å². The van der Waals surface area contributed by atoms with Crippen LogP contribution in [0.15, 0.2) is 53.4 Å². The molecule has 0 bridgehead atoms. The number of anilines is 2. The molecule has 0 amide bonds. The lowest BCUT2D eigenvalue weighted by atomic mass is 10.2. The fourth-order valence-electron chi connectivity index (χ4n) is 2.87. The number of para-hydroxylation sites is 2. The Hall–Kier alpha value is -2.39. The lowest BCUT2D eigenvalue weighted by Crippen LogP contribution is -2.44. The number of likely N-dealkylation sites (N-methyl/N-ethyl adjacent to an activating group) is 1. The molecule has 1 N–H and O–H groups in total. The summed E-state index contributed by atoms with van der Waals surface area (Å²) in [4.78, 5) is 4.39. The molecule has 2 aromatic rings. The minimum absolute atomic E-state index is 0.0391. The average molecular weight is 397 g/mol. The van der Waals surface area contributed by atoms with E-state index in [-0.39, 0.29) is 16.3 Å². The van der Waals surface area contributed by atoms with Crippen molar-refractivity contribution in [2.75, 3.05) is 42.8 Å². The van der Waals surface area contributed by atoms with Crippen LogP contribution in [0.4, 0.5) is 20.2 Å². The maximum Gasteiger partial charge on any atom is 0.387 e. The van der Waals surface area contributed by atoms with Crippen molar-refractivity contribution in [2.24, 2.45) is 0 Å². The Morgan fingerprint density at radius 3 is 2.44 bits per heavy atom. The predicted molar refractivity (Wildman–Crippen MR) is 100 cm³/mol. The third-order valence-corrected chi connectivity index (χ3v) is 5.71. The Morgan fingerprint density at radius 2 is 1.74 bits per heavy atom. The van der Waals surface area contributed by atoms with E-state index < -0.39 is 16.6 Å². The molecule has 2 aromatic carbocycles. The van der Waals surface area contributed by atoms with Gasteiger partial charge in [-0.05, 0) is 37.4 Å². The SMILES string of the molecule is CN1CCN(c2cccc(S(=O)(=O)Nc3ccccc3OC(F)F)c2)CC1. The fraction of sp³-hybridized carbons (Fsp3) is 0.333. The molecule has 0 atom stereocenters. The molecule has 0 saturated carbocycles. The van der Waals surface area contributed by atoms with Crippen molar-refractivity contribution in [1.29, 1.82) is 0 Å². The van der Waals surface area contributed by atoms with Crippen LogP contribution in [0.3, 0.4) is 0 Å². The van der Waals surface area contributed by atoms with Gasteiger partial charge in [-0.3, -0.25) is 4.72 Å². The first-order valence-corrected chi connectivity index (χ1v) is 9.94. The van der Waals surface area contributed by atoms with Gasteiger partial charge >= 0.3 is 6.61 Å². The molecular formula is C18H21F2N3O3S. The van der Waals surface area contributed by atoms with Crippen LogP contribution in [-0.4, -0.2) is 53.2 Å². The summed E-state index contributed by atoms with van der Waals surface area (Å²) < 4.78 is 57.3. The minimum atomic E-state index is -3.96. The van der Waals surface area contributed by atoms with Crippen LogP contribution in [0.2, 0.25) is 0 Å². The summed E-state index contributed by atoms with van der Waals surface area (Å²) in [6, 6.07) is 12.3. The molecule has 9 heteroatoms. The average Bonchev–Trinajstić information content (AvgIpc) is 2.63. The maximum absolute atomic E-state index is 12.7. The first kappa shape index (κ1) is 19.4. The van der Waals surface area contributed by atoms with E-state index in [4.69, 9.17) is 0 Å². The Balaban J connectivity index is 1.83. The normalized spacial score (nSPS) is 15.8. The molecule has 0 aliphatic carbocycles. The lowest BCUT2D eigenvalue weighted by molar-refractivity contribution is -0.0493. The van der Waals surface area contributed by atoms with Crippen molar-refractivity contribution >= 4 is 21.4 Å².